The number of amides is 1. The van der Waals surface area contributed by atoms with Crippen LogP contribution in [0.4, 0.5) is 4.39 Å². The summed E-state index contributed by atoms with van der Waals surface area (Å²) in [5.41, 5.74) is 0.620. The zero-order valence-electron chi connectivity index (χ0n) is 11.0. The first-order valence-electron chi connectivity index (χ1n) is 6.34. The van der Waals surface area contributed by atoms with Gasteiger partial charge in [-0.15, -0.1) is 0 Å². The van der Waals surface area contributed by atoms with Gasteiger partial charge < -0.3 is 10.4 Å². The minimum atomic E-state index is -1.04. The number of aliphatic carboxylic acids is 1. The SMILES string of the molecule is CC(c1cncc(F)c1)N1CCNC(=O)C1CC(=O)O. The Morgan fingerprint density at radius 1 is 1.65 bits per heavy atom. The summed E-state index contributed by atoms with van der Waals surface area (Å²) in [4.78, 5) is 28.3. The highest BCUT2D eigenvalue weighted by Gasteiger charge is 2.34. The van der Waals surface area contributed by atoms with Crippen LogP contribution in [0.15, 0.2) is 18.5 Å². The lowest BCUT2D eigenvalue weighted by atomic mass is 10.0. The molecule has 2 heterocycles. The molecule has 2 rings (SSSR count). The molecule has 1 saturated heterocycles. The van der Waals surface area contributed by atoms with Crippen LogP contribution in [-0.2, 0) is 9.59 Å². The van der Waals surface area contributed by atoms with Crippen LogP contribution in [0.5, 0.6) is 0 Å². The second-order valence-electron chi connectivity index (χ2n) is 4.75. The Morgan fingerprint density at radius 3 is 3.05 bits per heavy atom. The van der Waals surface area contributed by atoms with Gasteiger partial charge >= 0.3 is 5.97 Å². The van der Waals surface area contributed by atoms with Crippen molar-refractivity contribution in [3.63, 3.8) is 0 Å². The number of aromatic nitrogens is 1. The lowest BCUT2D eigenvalue weighted by Crippen LogP contribution is -2.56. The van der Waals surface area contributed by atoms with Gasteiger partial charge in [-0.1, -0.05) is 0 Å². The smallest absolute Gasteiger partial charge is 0.305 e. The Bertz CT molecular complexity index is 523. The van der Waals surface area contributed by atoms with E-state index in [1.165, 1.54) is 12.3 Å². The summed E-state index contributed by atoms with van der Waals surface area (Å²) in [6.07, 6.45) is 2.35. The molecular weight excluding hydrogens is 265 g/mol. The molecule has 2 N–H and O–H groups in total. The molecule has 2 atom stereocenters. The van der Waals surface area contributed by atoms with Crippen molar-refractivity contribution >= 4 is 11.9 Å². The van der Waals surface area contributed by atoms with Gasteiger partial charge in [-0.25, -0.2) is 4.39 Å². The molecule has 1 aliphatic heterocycles. The van der Waals surface area contributed by atoms with E-state index in [1.807, 2.05) is 6.92 Å². The summed E-state index contributed by atoms with van der Waals surface area (Å²) in [6.45, 7) is 2.77. The van der Waals surface area contributed by atoms with Crippen LogP contribution in [0.2, 0.25) is 0 Å². The van der Waals surface area contributed by atoms with Crippen molar-refractivity contribution in [2.75, 3.05) is 13.1 Å². The van der Waals surface area contributed by atoms with E-state index in [4.69, 9.17) is 5.11 Å². The van der Waals surface area contributed by atoms with E-state index in [-0.39, 0.29) is 18.4 Å². The Balaban J connectivity index is 2.23. The first kappa shape index (κ1) is 14.4. The average molecular weight is 281 g/mol. The van der Waals surface area contributed by atoms with E-state index in [2.05, 4.69) is 10.3 Å². The van der Waals surface area contributed by atoms with Crippen LogP contribution in [0, 0.1) is 5.82 Å². The van der Waals surface area contributed by atoms with E-state index in [9.17, 15) is 14.0 Å². The third-order valence-corrected chi connectivity index (χ3v) is 3.45. The lowest BCUT2D eigenvalue weighted by molar-refractivity contribution is -0.143. The van der Waals surface area contributed by atoms with E-state index in [0.717, 1.165) is 6.20 Å². The van der Waals surface area contributed by atoms with Crippen LogP contribution in [-0.4, -0.2) is 46.0 Å². The zero-order chi connectivity index (χ0) is 14.7. The fourth-order valence-electron chi connectivity index (χ4n) is 2.42. The third kappa shape index (κ3) is 3.11. The fraction of sp³-hybridized carbons (Fsp3) is 0.462. The number of halogens is 1. The number of carboxylic acids is 1. The highest BCUT2D eigenvalue weighted by molar-refractivity contribution is 5.86. The van der Waals surface area contributed by atoms with Gasteiger partial charge in [-0.05, 0) is 18.6 Å². The summed E-state index contributed by atoms with van der Waals surface area (Å²) in [5.74, 6) is -1.80. The average Bonchev–Trinajstić information content (AvgIpc) is 2.40. The molecule has 2 unspecified atom stereocenters. The monoisotopic (exact) mass is 281 g/mol. The van der Waals surface area contributed by atoms with Crippen LogP contribution < -0.4 is 5.32 Å². The van der Waals surface area contributed by atoms with Gasteiger partial charge in [0.15, 0.2) is 0 Å². The predicted octanol–water partition coefficient (Wildman–Crippen LogP) is 0.557. The van der Waals surface area contributed by atoms with E-state index < -0.39 is 17.8 Å². The highest BCUT2D eigenvalue weighted by Crippen LogP contribution is 2.25. The van der Waals surface area contributed by atoms with Crippen molar-refractivity contribution in [1.29, 1.82) is 0 Å². The molecule has 108 valence electrons. The van der Waals surface area contributed by atoms with Gasteiger partial charge in [-0.3, -0.25) is 19.5 Å². The van der Waals surface area contributed by atoms with Crippen molar-refractivity contribution < 1.29 is 19.1 Å². The van der Waals surface area contributed by atoms with Gasteiger partial charge in [0.1, 0.15) is 11.9 Å². The minimum absolute atomic E-state index is 0.279. The fourth-order valence-corrected chi connectivity index (χ4v) is 2.42. The third-order valence-electron chi connectivity index (χ3n) is 3.45. The van der Waals surface area contributed by atoms with Gasteiger partial charge in [-0.2, -0.15) is 0 Å². The summed E-state index contributed by atoms with van der Waals surface area (Å²) >= 11 is 0. The quantitative estimate of drug-likeness (QED) is 0.842. The number of hydrogen-bond donors (Lipinski definition) is 2. The van der Waals surface area contributed by atoms with Crippen molar-refractivity contribution in [3.8, 4) is 0 Å². The molecule has 1 aromatic heterocycles. The Hall–Kier alpha value is -2.02. The first-order chi connectivity index (χ1) is 9.49. The molecule has 1 aromatic rings. The molecule has 6 nitrogen and oxygen atoms in total. The molecule has 20 heavy (non-hydrogen) atoms. The maximum absolute atomic E-state index is 13.2. The maximum atomic E-state index is 13.2. The molecule has 0 radical (unpaired) electrons. The number of rotatable bonds is 4. The molecule has 7 heteroatoms. The van der Waals surface area contributed by atoms with E-state index >= 15 is 0 Å². The summed E-state index contributed by atoms with van der Waals surface area (Å²) in [7, 11) is 0. The largest absolute Gasteiger partial charge is 0.481 e. The number of pyridine rings is 1. The van der Waals surface area contributed by atoms with Gasteiger partial charge in [0, 0.05) is 25.3 Å². The van der Waals surface area contributed by atoms with Gasteiger partial charge in [0.25, 0.3) is 0 Å². The van der Waals surface area contributed by atoms with Crippen LogP contribution >= 0.6 is 0 Å². The number of piperazine rings is 1. The normalized spacial score (nSPS) is 21.3. The maximum Gasteiger partial charge on any atom is 0.305 e. The molecule has 0 aliphatic carbocycles. The van der Waals surface area contributed by atoms with Crippen molar-refractivity contribution in [2.45, 2.75) is 25.4 Å². The topological polar surface area (TPSA) is 82.5 Å². The molecule has 0 aromatic carbocycles. The number of hydrogen-bond acceptors (Lipinski definition) is 4. The van der Waals surface area contributed by atoms with Gasteiger partial charge in [0.2, 0.25) is 5.91 Å². The van der Waals surface area contributed by atoms with Crippen LogP contribution in [0.25, 0.3) is 0 Å². The number of carbonyl (C=O) groups excluding carboxylic acids is 1. The first-order valence-corrected chi connectivity index (χ1v) is 6.34. The summed E-state index contributed by atoms with van der Waals surface area (Å²) < 4.78 is 13.2. The molecule has 1 fully saturated rings. The molecule has 1 amide bonds. The van der Waals surface area contributed by atoms with Crippen LogP contribution in [0.1, 0.15) is 24.9 Å². The molecule has 1 aliphatic rings. The molecule has 0 saturated carbocycles. The second kappa shape index (κ2) is 5.96. The number of carboxylic acid groups (broad SMARTS) is 1. The summed E-state index contributed by atoms with van der Waals surface area (Å²) in [5, 5.41) is 11.6. The zero-order valence-corrected chi connectivity index (χ0v) is 11.0. The molecule has 0 bridgehead atoms. The standard InChI is InChI=1S/C13H16FN3O3/c1-8(9-4-10(14)7-15-6-9)17-3-2-16-13(20)11(17)5-12(18)19/h4,6-8,11H,2-3,5H2,1H3,(H,16,20)(H,18,19). The number of nitrogens with zero attached hydrogens (tertiary/aromatic N) is 2. The summed E-state index contributed by atoms with van der Waals surface area (Å²) in [6, 6.07) is 0.315. The number of carbonyl (C=O) groups is 2. The number of nitrogens with one attached hydrogen (secondary N) is 1. The minimum Gasteiger partial charge on any atom is -0.481 e. The van der Waals surface area contributed by atoms with E-state index in [1.54, 1.807) is 4.90 Å². The lowest BCUT2D eigenvalue weighted by Gasteiger charge is -2.38. The van der Waals surface area contributed by atoms with E-state index in [0.29, 0.717) is 18.7 Å². The highest BCUT2D eigenvalue weighted by atomic mass is 19.1. The Kier molecular flexibility index (Phi) is 4.29. The Labute approximate surface area is 115 Å². The van der Waals surface area contributed by atoms with Crippen molar-refractivity contribution in [2.24, 2.45) is 0 Å². The molecular formula is C13H16FN3O3. The second-order valence-corrected chi connectivity index (χ2v) is 4.75. The van der Waals surface area contributed by atoms with Gasteiger partial charge in [0.05, 0.1) is 12.6 Å². The van der Waals surface area contributed by atoms with Crippen molar-refractivity contribution in [1.82, 2.24) is 15.2 Å². The Morgan fingerprint density at radius 2 is 2.40 bits per heavy atom. The molecule has 0 spiro atoms. The predicted molar refractivity (Wildman–Crippen MR) is 68.4 cm³/mol. The van der Waals surface area contributed by atoms with Crippen LogP contribution in [0.3, 0.4) is 0 Å². The van der Waals surface area contributed by atoms with Crippen molar-refractivity contribution in [3.05, 3.63) is 29.8 Å².